The van der Waals surface area contributed by atoms with Crippen molar-refractivity contribution in [1.82, 2.24) is 18.6 Å². The minimum atomic E-state index is -0.318. The maximum absolute atomic E-state index is 12.5. The topological polar surface area (TPSA) is 69.2 Å². The molecule has 3 rings (SSSR count). The summed E-state index contributed by atoms with van der Waals surface area (Å²) >= 11 is 0. The molecule has 7 heteroatoms. The van der Waals surface area contributed by atoms with Crippen LogP contribution in [-0.4, -0.2) is 37.6 Å². The Labute approximate surface area is 133 Å². The Bertz CT molecular complexity index is 853. The first kappa shape index (κ1) is 15.6. The molecule has 0 bridgehead atoms. The lowest BCUT2D eigenvalue weighted by molar-refractivity contribution is -0.130. The molecule has 3 heterocycles. The maximum atomic E-state index is 12.5. The zero-order valence-corrected chi connectivity index (χ0v) is 13.6. The van der Waals surface area contributed by atoms with Gasteiger partial charge in [0.05, 0.1) is 5.39 Å². The highest BCUT2D eigenvalue weighted by Gasteiger charge is 2.20. The standard InChI is InChI=1S/C16H22N4O3/c1-3-19-14-12(15(22)20(4-2)16(19)23)7-10-18(14)11-13(21)17-8-5-6-9-17/h7,10H,3-6,8-9,11H2,1-2H3. The molecule has 1 saturated heterocycles. The fourth-order valence-electron chi connectivity index (χ4n) is 3.30. The van der Waals surface area contributed by atoms with Crippen molar-refractivity contribution in [3.05, 3.63) is 33.1 Å². The van der Waals surface area contributed by atoms with Gasteiger partial charge in [0.25, 0.3) is 5.56 Å². The van der Waals surface area contributed by atoms with E-state index in [0.717, 1.165) is 25.9 Å². The summed E-state index contributed by atoms with van der Waals surface area (Å²) in [6, 6.07) is 1.70. The Morgan fingerprint density at radius 3 is 2.35 bits per heavy atom. The second-order valence-corrected chi connectivity index (χ2v) is 5.85. The van der Waals surface area contributed by atoms with E-state index in [4.69, 9.17) is 0 Å². The maximum Gasteiger partial charge on any atom is 0.332 e. The Kier molecular flexibility index (Phi) is 4.11. The molecule has 2 aromatic heterocycles. The van der Waals surface area contributed by atoms with Crippen molar-refractivity contribution in [2.45, 2.75) is 46.3 Å². The van der Waals surface area contributed by atoms with Gasteiger partial charge >= 0.3 is 5.69 Å². The zero-order chi connectivity index (χ0) is 16.6. The van der Waals surface area contributed by atoms with Gasteiger partial charge in [0.15, 0.2) is 0 Å². The molecule has 0 atom stereocenters. The van der Waals surface area contributed by atoms with E-state index in [9.17, 15) is 14.4 Å². The number of rotatable bonds is 4. The zero-order valence-electron chi connectivity index (χ0n) is 13.6. The van der Waals surface area contributed by atoms with Crippen molar-refractivity contribution >= 4 is 16.9 Å². The lowest BCUT2D eigenvalue weighted by Gasteiger charge is -2.17. The molecule has 0 aliphatic carbocycles. The minimum absolute atomic E-state index is 0.0368. The van der Waals surface area contributed by atoms with E-state index in [1.54, 1.807) is 28.3 Å². The molecule has 2 aromatic rings. The van der Waals surface area contributed by atoms with Crippen LogP contribution in [0.15, 0.2) is 21.9 Å². The van der Waals surface area contributed by atoms with Gasteiger partial charge in [-0.3, -0.25) is 18.7 Å². The number of aromatic nitrogens is 3. The SMILES string of the molecule is CCn1c(=O)c2ccn(CC(=O)N3CCCC3)c2n(CC)c1=O. The van der Waals surface area contributed by atoms with Gasteiger partial charge in [0.1, 0.15) is 12.2 Å². The van der Waals surface area contributed by atoms with Crippen LogP contribution in [0.3, 0.4) is 0 Å². The molecule has 1 amide bonds. The third kappa shape index (κ3) is 2.50. The van der Waals surface area contributed by atoms with Gasteiger partial charge in [0.2, 0.25) is 5.91 Å². The molecule has 0 spiro atoms. The predicted octanol–water partition coefficient (Wildman–Crippen LogP) is 0.627. The highest BCUT2D eigenvalue weighted by atomic mass is 16.2. The van der Waals surface area contributed by atoms with Gasteiger partial charge in [-0.2, -0.15) is 0 Å². The van der Waals surface area contributed by atoms with Crippen LogP contribution in [-0.2, 0) is 24.4 Å². The Balaban J connectivity index is 2.10. The van der Waals surface area contributed by atoms with Crippen LogP contribution in [0.2, 0.25) is 0 Å². The molecule has 1 fully saturated rings. The predicted molar refractivity (Wildman–Crippen MR) is 87.6 cm³/mol. The molecule has 0 N–H and O–H groups in total. The van der Waals surface area contributed by atoms with Gasteiger partial charge in [-0.1, -0.05) is 0 Å². The summed E-state index contributed by atoms with van der Waals surface area (Å²) in [5.74, 6) is 0.0368. The first-order valence-corrected chi connectivity index (χ1v) is 8.18. The summed E-state index contributed by atoms with van der Waals surface area (Å²) in [5, 5.41) is 0.488. The second-order valence-electron chi connectivity index (χ2n) is 5.85. The monoisotopic (exact) mass is 318 g/mol. The third-order valence-corrected chi connectivity index (χ3v) is 4.52. The van der Waals surface area contributed by atoms with Gasteiger partial charge in [0, 0.05) is 32.4 Å². The normalized spacial score (nSPS) is 14.8. The van der Waals surface area contributed by atoms with E-state index in [1.807, 2.05) is 11.8 Å². The quantitative estimate of drug-likeness (QED) is 0.830. The first-order chi connectivity index (χ1) is 11.1. The number of likely N-dealkylation sites (tertiary alicyclic amines) is 1. The van der Waals surface area contributed by atoms with Gasteiger partial charge in [-0.25, -0.2) is 4.79 Å². The number of fused-ring (bicyclic) bond motifs is 1. The number of hydrogen-bond acceptors (Lipinski definition) is 3. The fraction of sp³-hybridized carbons (Fsp3) is 0.562. The van der Waals surface area contributed by atoms with E-state index in [2.05, 4.69) is 0 Å². The van der Waals surface area contributed by atoms with Crippen LogP contribution in [0, 0.1) is 0 Å². The summed E-state index contributed by atoms with van der Waals surface area (Å²) in [7, 11) is 0. The lowest BCUT2D eigenvalue weighted by Crippen LogP contribution is -2.40. The Morgan fingerprint density at radius 1 is 1.09 bits per heavy atom. The van der Waals surface area contributed by atoms with Crippen LogP contribution >= 0.6 is 0 Å². The number of nitrogens with zero attached hydrogens (tertiary/aromatic N) is 4. The highest BCUT2D eigenvalue weighted by Crippen LogP contribution is 2.13. The smallest absolute Gasteiger partial charge is 0.332 e. The van der Waals surface area contributed by atoms with E-state index in [0.29, 0.717) is 24.1 Å². The van der Waals surface area contributed by atoms with Crippen molar-refractivity contribution in [1.29, 1.82) is 0 Å². The number of carbonyl (C=O) groups is 1. The van der Waals surface area contributed by atoms with Crippen molar-refractivity contribution in [2.24, 2.45) is 0 Å². The molecule has 0 radical (unpaired) electrons. The lowest BCUT2D eigenvalue weighted by atomic mass is 10.4. The Hall–Kier alpha value is -2.31. The average Bonchev–Trinajstić information content (AvgIpc) is 3.19. The van der Waals surface area contributed by atoms with E-state index in [1.165, 1.54) is 4.57 Å². The Morgan fingerprint density at radius 2 is 1.74 bits per heavy atom. The van der Waals surface area contributed by atoms with Crippen molar-refractivity contribution < 1.29 is 4.79 Å². The molecule has 1 aliphatic heterocycles. The summed E-state index contributed by atoms with van der Waals surface area (Å²) < 4.78 is 4.53. The average molecular weight is 318 g/mol. The summed E-state index contributed by atoms with van der Waals surface area (Å²) in [6.07, 6.45) is 3.81. The van der Waals surface area contributed by atoms with Crippen molar-refractivity contribution in [3.63, 3.8) is 0 Å². The molecular weight excluding hydrogens is 296 g/mol. The molecular formula is C16H22N4O3. The van der Waals surface area contributed by atoms with Gasteiger partial charge in [-0.05, 0) is 32.8 Å². The summed E-state index contributed by atoms with van der Waals surface area (Å²) in [6.45, 7) is 6.19. The van der Waals surface area contributed by atoms with E-state index >= 15 is 0 Å². The largest absolute Gasteiger partial charge is 0.341 e. The molecule has 7 nitrogen and oxygen atoms in total. The molecule has 1 aliphatic rings. The minimum Gasteiger partial charge on any atom is -0.341 e. The van der Waals surface area contributed by atoms with Gasteiger partial charge in [-0.15, -0.1) is 0 Å². The van der Waals surface area contributed by atoms with Gasteiger partial charge < -0.3 is 9.47 Å². The van der Waals surface area contributed by atoms with Crippen LogP contribution in [0.5, 0.6) is 0 Å². The van der Waals surface area contributed by atoms with Crippen LogP contribution < -0.4 is 11.2 Å². The third-order valence-electron chi connectivity index (χ3n) is 4.52. The number of carbonyl (C=O) groups excluding carboxylic acids is 1. The van der Waals surface area contributed by atoms with E-state index < -0.39 is 0 Å². The molecule has 0 aromatic carbocycles. The number of aryl methyl sites for hydroxylation is 1. The fourth-order valence-corrected chi connectivity index (χ4v) is 3.30. The van der Waals surface area contributed by atoms with Crippen LogP contribution in [0.4, 0.5) is 0 Å². The first-order valence-electron chi connectivity index (χ1n) is 8.18. The molecule has 124 valence electrons. The number of hydrogen-bond donors (Lipinski definition) is 0. The highest BCUT2D eigenvalue weighted by molar-refractivity contribution is 5.81. The van der Waals surface area contributed by atoms with Crippen molar-refractivity contribution in [2.75, 3.05) is 13.1 Å². The number of amides is 1. The van der Waals surface area contributed by atoms with E-state index in [-0.39, 0.29) is 23.7 Å². The second kappa shape index (κ2) is 6.06. The molecule has 0 saturated carbocycles. The van der Waals surface area contributed by atoms with Crippen LogP contribution in [0.25, 0.3) is 11.0 Å². The summed E-state index contributed by atoms with van der Waals surface area (Å²) in [5.41, 5.74) is -0.0645. The molecule has 23 heavy (non-hydrogen) atoms. The van der Waals surface area contributed by atoms with Crippen LogP contribution in [0.1, 0.15) is 26.7 Å². The molecule has 0 unspecified atom stereocenters. The van der Waals surface area contributed by atoms with Crippen molar-refractivity contribution in [3.8, 4) is 0 Å². The summed E-state index contributed by atoms with van der Waals surface area (Å²) in [4.78, 5) is 39.1.